The summed E-state index contributed by atoms with van der Waals surface area (Å²) < 4.78 is 8.53. The number of amides is 1. The highest BCUT2D eigenvalue weighted by molar-refractivity contribution is 7.14. The van der Waals surface area contributed by atoms with Crippen LogP contribution in [-0.2, 0) is 23.3 Å². The van der Waals surface area contributed by atoms with E-state index in [9.17, 15) is 4.79 Å². The van der Waals surface area contributed by atoms with Gasteiger partial charge in [0, 0.05) is 56.5 Å². The van der Waals surface area contributed by atoms with Crippen LogP contribution in [0.25, 0.3) is 0 Å². The third-order valence-electron chi connectivity index (χ3n) is 6.47. The maximum atomic E-state index is 12.9. The van der Waals surface area contributed by atoms with Crippen molar-refractivity contribution in [2.24, 2.45) is 0 Å². The van der Waals surface area contributed by atoms with Gasteiger partial charge in [0.2, 0.25) is 0 Å². The van der Waals surface area contributed by atoms with Gasteiger partial charge in [0.15, 0.2) is 0 Å². The Labute approximate surface area is 170 Å². The number of piperidine rings is 1. The summed E-state index contributed by atoms with van der Waals surface area (Å²) in [6, 6.07) is 2.16. The largest absolute Gasteiger partial charge is 0.369 e. The van der Waals surface area contributed by atoms with Gasteiger partial charge >= 0.3 is 0 Å². The van der Waals surface area contributed by atoms with Crippen LogP contribution in [0, 0.1) is 0 Å². The third-order valence-corrected chi connectivity index (χ3v) is 7.82. The second kappa shape index (κ2) is 7.61. The lowest BCUT2D eigenvalue weighted by Crippen LogP contribution is -2.46. The lowest BCUT2D eigenvalue weighted by molar-refractivity contribution is -0.0952. The molecule has 0 radical (unpaired) electrons. The maximum absolute atomic E-state index is 12.9. The number of fused-ring (bicyclic) bond motifs is 2. The predicted octanol–water partition coefficient (Wildman–Crippen LogP) is 2.74. The van der Waals surface area contributed by atoms with Crippen molar-refractivity contribution in [3.8, 4) is 0 Å². The van der Waals surface area contributed by atoms with E-state index in [0.29, 0.717) is 0 Å². The SMILES string of the molecule is O=C(c1cc2c(s1)C1(CCN(CCn3ccnc3)CC1)OCC2)N1CCCC1. The minimum Gasteiger partial charge on any atom is -0.369 e. The van der Waals surface area contributed by atoms with E-state index < -0.39 is 0 Å². The molecule has 3 aliphatic rings. The quantitative estimate of drug-likeness (QED) is 0.792. The molecule has 0 N–H and O–H groups in total. The first-order chi connectivity index (χ1) is 13.7. The lowest BCUT2D eigenvalue weighted by atomic mass is 9.85. The summed E-state index contributed by atoms with van der Waals surface area (Å²) >= 11 is 1.70. The van der Waals surface area contributed by atoms with E-state index in [-0.39, 0.29) is 11.5 Å². The highest BCUT2D eigenvalue weighted by atomic mass is 32.1. The Hall–Kier alpha value is -1.70. The second-order valence-electron chi connectivity index (χ2n) is 8.20. The number of thiophene rings is 1. The van der Waals surface area contributed by atoms with Crippen molar-refractivity contribution in [1.29, 1.82) is 0 Å². The Morgan fingerprint density at radius 3 is 2.75 bits per heavy atom. The molecule has 2 aromatic rings. The first kappa shape index (κ1) is 18.3. The van der Waals surface area contributed by atoms with Crippen LogP contribution in [0.4, 0.5) is 0 Å². The van der Waals surface area contributed by atoms with Crippen molar-refractivity contribution >= 4 is 17.2 Å². The van der Waals surface area contributed by atoms with Gasteiger partial charge in [-0.05, 0) is 43.7 Å². The average Bonchev–Trinajstić information content (AvgIpc) is 3.49. The predicted molar refractivity (Wildman–Crippen MR) is 109 cm³/mol. The molecule has 0 atom stereocenters. The Kier molecular flexibility index (Phi) is 4.99. The van der Waals surface area contributed by atoms with E-state index in [1.165, 1.54) is 10.4 Å². The Morgan fingerprint density at radius 1 is 1.18 bits per heavy atom. The summed E-state index contributed by atoms with van der Waals surface area (Å²) in [5, 5.41) is 0. The number of carbonyl (C=O) groups excluding carboxylic acids is 1. The molecule has 28 heavy (non-hydrogen) atoms. The molecule has 1 spiro atoms. The topological polar surface area (TPSA) is 50.6 Å². The van der Waals surface area contributed by atoms with E-state index >= 15 is 0 Å². The van der Waals surface area contributed by atoms with Crippen LogP contribution in [0.3, 0.4) is 0 Å². The molecule has 0 saturated carbocycles. The fraction of sp³-hybridized carbons (Fsp3) is 0.619. The number of carbonyl (C=O) groups is 1. The van der Waals surface area contributed by atoms with Crippen molar-refractivity contribution in [1.82, 2.24) is 19.4 Å². The van der Waals surface area contributed by atoms with Crippen LogP contribution in [0.5, 0.6) is 0 Å². The zero-order valence-electron chi connectivity index (χ0n) is 16.3. The molecule has 1 amide bonds. The molecule has 6 nitrogen and oxygen atoms in total. The summed E-state index contributed by atoms with van der Waals surface area (Å²) in [6.45, 7) is 6.71. The van der Waals surface area contributed by atoms with Crippen molar-refractivity contribution in [3.05, 3.63) is 40.1 Å². The Balaban J connectivity index is 1.27. The molecule has 0 aliphatic carbocycles. The molecule has 5 heterocycles. The van der Waals surface area contributed by atoms with E-state index in [1.54, 1.807) is 11.3 Å². The highest BCUT2D eigenvalue weighted by Gasteiger charge is 2.43. The van der Waals surface area contributed by atoms with Gasteiger partial charge in [-0.15, -0.1) is 11.3 Å². The number of likely N-dealkylation sites (tertiary alicyclic amines) is 2. The van der Waals surface area contributed by atoms with Crippen LogP contribution in [0.1, 0.15) is 45.8 Å². The van der Waals surface area contributed by atoms with Crippen molar-refractivity contribution < 1.29 is 9.53 Å². The first-order valence-electron chi connectivity index (χ1n) is 10.5. The monoisotopic (exact) mass is 400 g/mol. The first-order valence-corrected chi connectivity index (χ1v) is 11.3. The summed E-state index contributed by atoms with van der Waals surface area (Å²) in [6.07, 6.45) is 11.0. The van der Waals surface area contributed by atoms with E-state index in [1.807, 2.05) is 23.6 Å². The van der Waals surface area contributed by atoms with Gasteiger partial charge in [0.05, 0.1) is 17.8 Å². The van der Waals surface area contributed by atoms with Crippen LogP contribution in [0.15, 0.2) is 24.8 Å². The van der Waals surface area contributed by atoms with Crippen molar-refractivity contribution in [2.45, 2.75) is 44.2 Å². The van der Waals surface area contributed by atoms with E-state index in [2.05, 4.69) is 20.5 Å². The Bertz CT molecular complexity index is 818. The molecule has 5 rings (SSSR count). The summed E-state index contributed by atoms with van der Waals surface area (Å²) in [4.78, 5) is 23.8. The van der Waals surface area contributed by atoms with Gasteiger partial charge in [-0.25, -0.2) is 4.98 Å². The molecule has 0 unspecified atom stereocenters. The zero-order valence-corrected chi connectivity index (χ0v) is 17.1. The number of rotatable bonds is 4. The van der Waals surface area contributed by atoms with Crippen molar-refractivity contribution in [3.63, 3.8) is 0 Å². The van der Waals surface area contributed by atoms with Crippen LogP contribution < -0.4 is 0 Å². The number of hydrogen-bond donors (Lipinski definition) is 0. The minimum atomic E-state index is -0.173. The van der Waals surface area contributed by atoms with Crippen LogP contribution in [0.2, 0.25) is 0 Å². The van der Waals surface area contributed by atoms with Gasteiger partial charge in [0.1, 0.15) is 5.60 Å². The van der Waals surface area contributed by atoms with Crippen LogP contribution in [-0.4, -0.2) is 64.6 Å². The zero-order chi connectivity index (χ0) is 19.0. The number of aromatic nitrogens is 2. The molecular formula is C21H28N4O2S. The lowest BCUT2D eigenvalue weighted by Gasteiger charge is -2.43. The molecule has 0 bridgehead atoms. The van der Waals surface area contributed by atoms with Gasteiger partial charge in [-0.1, -0.05) is 0 Å². The van der Waals surface area contributed by atoms with Gasteiger partial charge in [0.25, 0.3) is 5.91 Å². The Morgan fingerprint density at radius 2 is 2.00 bits per heavy atom. The summed E-state index contributed by atoms with van der Waals surface area (Å²) in [5.74, 6) is 0.227. The molecule has 7 heteroatoms. The smallest absolute Gasteiger partial charge is 0.263 e. The van der Waals surface area contributed by atoms with Crippen molar-refractivity contribution in [2.75, 3.05) is 39.3 Å². The molecular weight excluding hydrogens is 372 g/mol. The third kappa shape index (κ3) is 3.40. The molecule has 2 aromatic heterocycles. The molecule has 150 valence electrons. The standard InChI is InChI=1S/C21H28N4O2S/c26-20(25-7-1-2-8-25)18-15-17-3-14-27-21(19(17)28-18)4-9-23(10-5-21)12-13-24-11-6-22-16-24/h6,11,15-16H,1-5,7-10,12-14H2. The highest BCUT2D eigenvalue weighted by Crippen LogP contribution is 2.45. The number of hydrogen-bond acceptors (Lipinski definition) is 5. The number of nitrogens with zero attached hydrogens (tertiary/aromatic N) is 4. The van der Waals surface area contributed by atoms with Crippen LogP contribution >= 0.6 is 11.3 Å². The molecule has 2 saturated heterocycles. The van der Waals surface area contributed by atoms with E-state index in [4.69, 9.17) is 4.74 Å². The molecule has 3 aliphatic heterocycles. The fourth-order valence-corrected chi connectivity index (χ4v) is 6.17. The van der Waals surface area contributed by atoms with Gasteiger partial charge in [-0.2, -0.15) is 0 Å². The number of ether oxygens (including phenoxy) is 1. The average molecular weight is 401 g/mol. The maximum Gasteiger partial charge on any atom is 0.263 e. The van der Waals surface area contributed by atoms with E-state index in [0.717, 1.165) is 82.9 Å². The fourth-order valence-electron chi connectivity index (χ4n) is 4.79. The second-order valence-corrected chi connectivity index (χ2v) is 9.25. The van der Waals surface area contributed by atoms with Gasteiger partial charge < -0.3 is 19.1 Å². The normalized spacial score (nSPS) is 21.9. The molecule has 0 aromatic carbocycles. The minimum absolute atomic E-state index is 0.173. The number of imidazole rings is 1. The summed E-state index contributed by atoms with van der Waals surface area (Å²) in [7, 11) is 0. The van der Waals surface area contributed by atoms with Gasteiger partial charge in [-0.3, -0.25) is 4.79 Å². The molecule has 2 fully saturated rings. The summed E-state index contributed by atoms with van der Waals surface area (Å²) in [5.41, 5.74) is 1.18.